The largest absolute Gasteiger partial charge is 0.443 e. The van der Waals surface area contributed by atoms with Crippen LogP contribution >= 0.6 is 11.3 Å². The molecule has 3 N–H and O–H groups in total. The van der Waals surface area contributed by atoms with Gasteiger partial charge >= 0.3 is 6.09 Å². The van der Waals surface area contributed by atoms with Gasteiger partial charge in [0.2, 0.25) is 5.13 Å². The lowest BCUT2D eigenvalue weighted by Crippen LogP contribution is -2.56. The molecule has 1 aromatic heterocycles. The normalized spacial score (nSPS) is 35.1. The van der Waals surface area contributed by atoms with Crippen molar-refractivity contribution in [1.82, 2.24) is 15.5 Å². The van der Waals surface area contributed by atoms with Gasteiger partial charge in [0, 0.05) is 19.6 Å². The molecule has 2 saturated heterocycles. The number of anilines is 1. The van der Waals surface area contributed by atoms with Crippen molar-refractivity contribution < 1.29 is 23.7 Å². The Hall–Kier alpha value is -1.75. The monoisotopic (exact) mass is 494 g/mol. The molecule has 10 heteroatoms. The number of methoxy groups -OCH3 is 1. The van der Waals surface area contributed by atoms with Crippen molar-refractivity contribution >= 4 is 22.6 Å². The number of ether oxygens (including phenoxy) is 4. The quantitative estimate of drug-likeness (QED) is 0.395. The Labute approximate surface area is 205 Å². The van der Waals surface area contributed by atoms with Gasteiger partial charge in [0.25, 0.3) is 0 Å². The summed E-state index contributed by atoms with van der Waals surface area (Å²) < 4.78 is 24.2. The molecule has 4 rings (SSSR count). The maximum Gasteiger partial charge on any atom is 0.407 e. The molecule has 9 nitrogen and oxygen atoms in total. The van der Waals surface area contributed by atoms with Gasteiger partial charge < -0.3 is 30.0 Å². The summed E-state index contributed by atoms with van der Waals surface area (Å²) in [6.07, 6.45) is 4.13. The third-order valence-electron chi connectivity index (χ3n) is 7.48. The van der Waals surface area contributed by atoms with Crippen LogP contribution in [0.25, 0.3) is 0 Å². The second-order valence-electron chi connectivity index (χ2n) is 10.6. The predicted molar refractivity (Wildman–Crippen MR) is 130 cm³/mol. The van der Waals surface area contributed by atoms with E-state index in [1.165, 1.54) is 16.9 Å². The third-order valence-corrected chi connectivity index (χ3v) is 8.26. The molecule has 1 spiro atoms. The number of nitrogens with one attached hydrogen (secondary N) is 1. The Morgan fingerprint density at radius 3 is 2.68 bits per heavy atom. The van der Waals surface area contributed by atoms with Gasteiger partial charge in [0.1, 0.15) is 28.4 Å². The molecule has 3 fully saturated rings. The number of amides is 1. The summed E-state index contributed by atoms with van der Waals surface area (Å²) in [5, 5.41) is 12.2. The third kappa shape index (κ3) is 5.24. The number of hydrogen-bond acceptors (Lipinski definition) is 9. The highest BCUT2D eigenvalue weighted by Gasteiger charge is 2.72. The van der Waals surface area contributed by atoms with Gasteiger partial charge in [-0.05, 0) is 46.0 Å². The molecule has 1 saturated carbocycles. The molecule has 0 aromatic carbocycles. The van der Waals surface area contributed by atoms with Crippen LogP contribution in [0.5, 0.6) is 0 Å². The van der Waals surface area contributed by atoms with Gasteiger partial charge in [0.15, 0.2) is 0 Å². The number of nitrogens with zero attached hydrogens (tertiary/aromatic N) is 2. The molecule has 190 valence electrons. The van der Waals surface area contributed by atoms with Crippen molar-refractivity contribution in [1.29, 1.82) is 0 Å². The first-order chi connectivity index (χ1) is 16.1. The SMILES string of the molecule is CO[C@H]1C([C@@]2(C)O[C@@H]2CC=C(C)C)[C@]2(CC[C@H]1OC(=O)N[C@H](Cc1nnc(N)s1)C(C)C)CO2. The smallest absolute Gasteiger partial charge is 0.407 e. The number of carbonyl (C=O) groups excluding carboxylic acids is 1. The maximum atomic E-state index is 13.0. The topological polar surface area (TPSA) is 124 Å². The highest BCUT2D eigenvalue weighted by atomic mass is 32.1. The summed E-state index contributed by atoms with van der Waals surface area (Å²) in [7, 11) is 1.68. The number of hydrogen-bond donors (Lipinski definition) is 2. The Morgan fingerprint density at radius 2 is 2.12 bits per heavy atom. The van der Waals surface area contributed by atoms with E-state index in [0.29, 0.717) is 24.6 Å². The zero-order chi connectivity index (χ0) is 24.7. The van der Waals surface area contributed by atoms with Gasteiger partial charge in [-0.1, -0.05) is 36.8 Å². The Kier molecular flexibility index (Phi) is 7.24. The molecule has 7 atom stereocenters. The first kappa shape index (κ1) is 25.3. The number of alkyl carbamates (subject to hydrolysis) is 1. The number of allylic oxidation sites excluding steroid dienone is 1. The molecule has 0 radical (unpaired) electrons. The van der Waals surface area contributed by atoms with Crippen molar-refractivity contribution in [3.63, 3.8) is 0 Å². The number of carbonyl (C=O) groups is 1. The van der Waals surface area contributed by atoms with Gasteiger partial charge in [0.05, 0.1) is 18.6 Å². The first-order valence-electron chi connectivity index (χ1n) is 12.1. The highest BCUT2D eigenvalue weighted by molar-refractivity contribution is 7.15. The van der Waals surface area contributed by atoms with Crippen LogP contribution in [0.4, 0.5) is 9.93 Å². The summed E-state index contributed by atoms with van der Waals surface area (Å²) in [5.74, 6) is 0.185. The molecule has 3 aliphatic rings. The second-order valence-corrected chi connectivity index (χ2v) is 11.6. The van der Waals surface area contributed by atoms with Crippen LogP contribution in [-0.4, -0.2) is 65.6 Å². The lowest BCUT2D eigenvalue weighted by atomic mass is 9.68. The van der Waals surface area contributed by atoms with E-state index in [1.54, 1.807) is 7.11 Å². The minimum absolute atomic E-state index is 0.00243. The van der Waals surface area contributed by atoms with Crippen molar-refractivity contribution in [2.24, 2.45) is 11.8 Å². The molecular weight excluding hydrogens is 456 g/mol. The highest BCUT2D eigenvalue weighted by Crippen LogP contribution is 2.59. The molecule has 1 unspecified atom stereocenters. The Morgan fingerprint density at radius 1 is 1.38 bits per heavy atom. The minimum Gasteiger partial charge on any atom is -0.443 e. The Balaban J connectivity index is 1.42. The Bertz CT molecular complexity index is 913. The van der Waals surface area contributed by atoms with Crippen LogP contribution in [0.3, 0.4) is 0 Å². The number of epoxide rings is 2. The van der Waals surface area contributed by atoms with Crippen molar-refractivity contribution in [2.75, 3.05) is 19.5 Å². The van der Waals surface area contributed by atoms with Gasteiger partial charge in [-0.2, -0.15) is 0 Å². The number of nitrogen functional groups attached to an aromatic ring is 1. The number of nitrogens with two attached hydrogens (primary N) is 1. The average Bonchev–Trinajstić information content (AvgIpc) is 3.64. The van der Waals surface area contributed by atoms with E-state index in [2.05, 4.69) is 56.2 Å². The minimum atomic E-state index is -0.447. The van der Waals surface area contributed by atoms with Crippen LogP contribution in [0.2, 0.25) is 0 Å². The maximum absolute atomic E-state index is 13.0. The molecule has 1 aliphatic carbocycles. The fourth-order valence-electron chi connectivity index (χ4n) is 5.38. The summed E-state index contributed by atoms with van der Waals surface area (Å²) in [6.45, 7) is 11.1. The predicted octanol–water partition coefficient (Wildman–Crippen LogP) is 3.49. The molecule has 0 bridgehead atoms. The van der Waals surface area contributed by atoms with Crippen LogP contribution in [0.1, 0.15) is 58.9 Å². The molecule has 3 heterocycles. The molecule has 1 amide bonds. The van der Waals surface area contributed by atoms with E-state index in [0.717, 1.165) is 17.8 Å². The van der Waals surface area contributed by atoms with E-state index in [9.17, 15) is 4.79 Å². The lowest BCUT2D eigenvalue weighted by molar-refractivity contribution is -0.118. The molecule has 2 aliphatic heterocycles. The molecule has 1 aromatic rings. The zero-order valence-corrected chi connectivity index (χ0v) is 21.8. The van der Waals surface area contributed by atoms with Crippen LogP contribution in [-0.2, 0) is 25.4 Å². The van der Waals surface area contributed by atoms with E-state index in [1.807, 2.05) is 0 Å². The van der Waals surface area contributed by atoms with Crippen molar-refractivity contribution in [2.45, 2.75) is 95.9 Å². The fourth-order valence-corrected chi connectivity index (χ4v) is 6.05. The van der Waals surface area contributed by atoms with E-state index in [-0.39, 0.29) is 47.4 Å². The fraction of sp³-hybridized carbons (Fsp3) is 0.792. The summed E-state index contributed by atoms with van der Waals surface area (Å²) >= 11 is 1.33. The average molecular weight is 495 g/mol. The van der Waals surface area contributed by atoms with Crippen LogP contribution < -0.4 is 11.1 Å². The first-order valence-corrected chi connectivity index (χ1v) is 12.9. The number of rotatable bonds is 9. The van der Waals surface area contributed by atoms with E-state index in [4.69, 9.17) is 24.7 Å². The lowest BCUT2D eigenvalue weighted by Gasteiger charge is -2.42. The van der Waals surface area contributed by atoms with E-state index >= 15 is 0 Å². The standard InChI is InChI=1S/C24H38N4O5S/c1-13(2)7-8-17-23(5,33-17)20-19(30-6)16(9-10-24(20)12-31-24)32-22(29)26-15(14(3)4)11-18-27-28-21(25)34-18/h7,14-17,19-20H,8-12H2,1-6H3,(H2,25,28)(H,26,29)/t15-,16-,17-,19-,20?,23+,24+/m1/s1. The van der Waals surface area contributed by atoms with E-state index < -0.39 is 6.09 Å². The van der Waals surface area contributed by atoms with Gasteiger partial charge in [-0.25, -0.2) is 4.79 Å². The van der Waals surface area contributed by atoms with Crippen molar-refractivity contribution in [3.8, 4) is 0 Å². The van der Waals surface area contributed by atoms with Gasteiger partial charge in [-0.3, -0.25) is 0 Å². The van der Waals surface area contributed by atoms with Crippen LogP contribution in [0, 0.1) is 11.8 Å². The molecular formula is C24H38N4O5S. The summed E-state index contributed by atoms with van der Waals surface area (Å²) in [5.41, 5.74) is 6.37. The van der Waals surface area contributed by atoms with Crippen molar-refractivity contribution in [3.05, 3.63) is 16.7 Å². The summed E-state index contributed by atoms with van der Waals surface area (Å²) in [4.78, 5) is 13.0. The summed E-state index contributed by atoms with van der Waals surface area (Å²) in [6, 6.07) is -0.143. The van der Waals surface area contributed by atoms with Gasteiger partial charge in [-0.15, -0.1) is 10.2 Å². The number of aromatic nitrogens is 2. The zero-order valence-electron chi connectivity index (χ0n) is 21.0. The second kappa shape index (κ2) is 9.72. The molecule has 34 heavy (non-hydrogen) atoms. The van der Waals surface area contributed by atoms with Crippen LogP contribution in [0.15, 0.2) is 11.6 Å².